The molecule has 1 amide bonds. The van der Waals surface area contributed by atoms with E-state index < -0.39 is 39.2 Å². The van der Waals surface area contributed by atoms with Crippen molar-refractivity contribution in [2.45, 2.75) is 49.2 Å². The third kappa shape index (κ3) is 5.78. The van der Waals surface area contributed by atoms with Crippen LogP contribution in [0.2, 0.25) is 5.02 Å². The minimum absolute atomic E-state index is 0.0687. The number of sulfonamides is 1. The van der Waals surface area contributed by atoms with Crippen molar-refractivity contribution in [2.24, 2.45) is 0 Å². The van der Waals surface area contributed by atoms with Crippen LogP contribution in [0.25, 0.3) is 0 Å². The quantitative estimate of drug-likeness (QED) is 0.616. The van der Waals surface area contributed by atoms with Gasteiger partial charge in [-0.05, 0) is 43.2 Å². The zero-order valence-electron chi connectivity index (χ0n) is 16.5. The number of alkyl halides is 3. The van der Waals surface area contributed by atoms with Crippen molar-refractivity contribution < 1.29 is 26.4 Å². The van der Waals surface area contributed by atoms with Gasteiger partial charge in [0.15, 0.2) is 0 Å². The van der Waals surface area contributed by atoms with Crippen LogP contribution in [0.3, 0.4) is 0 Å². The third-order valence-electron chi connectivity index (χ3n) is 5.19. The summed E-state index contributed by atoms with van der Waals surface area (Å²) in [5.41, 5.74) is -1.18. The normalized spacial score (nSPS) is 15.8. The fraction of sp³-hybridized carbons (Fsp3) is 0.381. The molecule has 1 fully saturated rings. The lowest BCUT2D eigenvalue weighted by molar-refractivity contribution is -0.137. The standard InChI is InChI=1S/C21H22ClF3N2O3S/c22-19-12-11-15(13-18(19)21(23,24)25)26-20(28)14-27(16-7-3-1-4-8-16)31(29,30)17-9-5-2-6-10-17/h2,5-6,9-13,16H,1,3-4,7-8,14H2,(H,26,28). The largest absolute Gasteiger partial charge is 0.417 e. The van der Waals surface area contributed by atoms with Crippen molar-refractivity contribution in [3.63, 3.8) is 0 Å². The molecule has 3 rings (SSSR count). The molecule has 0 heterocycles. The maximum atomic E-state index is 13.2. The summed E-state index contributed by atoms with van der Waals surface area (Å²) in [5.74, 6) is -0.722. The number of amides is 1. The van der Waals surface area contributed by atoms with E-state index in [1.165, 1.54) is 18.2 Å². The van der Waals surface area contributed by atoms with Crippen molar-refractivity contribution in [3.05, 3.63) is 59.1 Å². The van der Waals surface area contributed by atoms with Gasteiger partial charge in [0.2, 0.25) is 15.9 Å². The average Bonchev–Trinajstić information content (AvgIpc) is 2.74. The molecule has 1 N–H and O–H groups in total. The fourth-order valence-electron chi connectivity index (χ4n) is 3.67. The molecule has 1 aliphatic rings. The molecule has 2 aromatic carbocycles. The lowest BCUT2D eigenvalue weighted by atomic mass is 9.95. The van der Waals surface area contributed by atoms with E-state index >= 15 is 0 Å². The van der Waals surface area contributed by atoms with Crippen molar-refractivity contribution in [3.8, 4) is 0 Å². The SMILES string of the molecule is O=C(CN(C1CCCCC1)S(=O)(=O)c1ccccc1)Nc1ccc(Cl)c(C(F)(F)F)c1. The van der Waals surface area contributed by atoms with Gasteiger partial charge in [-0.15, -0.1) is 0 Å². The molecule has 0 bridgehead atoms. The van der Waals surface area contributed by atoms with Gasteiger partial charge in [-0.2, -0.15) is 17.5 Å². The highest BCUT2D eigenvalue weighted by molar-refractivity contribution is 7.89. The van der Waals surface area contributed by atoms with Crippen LogP contribution in [0.1, 0.15) is 37.7 Å². The van der Waals surface area contributed by atoms with E-state index in [-0.39, 0.29) is 16.6 Å². The Morgan fingerprint density at radius 2 is 1.71 bits per heavy atom. The summed E-state index contributed by atoms with van der Waals surface area (Å²) in [6, 6.07) is 10.5. The molecule has 10 heteroatoms. The summed E-state index contributed by atoms with van der Waals surface area (Å²) >= 11 is 5.61. The maximum Gasteiger partial charge on any atom is 0.417 e. The monoisotopic (exact) mass is 474 g/mol. The van der Waals surface area contributed by atoms with E-state index in [9.17, 15) is 26.4 Å². The first-order chi connectivity index (χ1) is 14.6. The third-order valence-corrected chi connectivity index (χ3v) is 7.43. The molecule has 0 spiro atoms. The molecule has 0 saturated heterocycles. The molecule has 2 aromatic rings. The first kappa shape index (κ1) is 23.6. The molecule has 0 radical (unpaired) electrons. The number of nitrogens with one attached hydrogen (secondary N) is 1. The van der Waals surface area contributed by atoms with Crippen LogP contribution in [-0.4, -0.2) is 31.2 Å². The first-order valence-electron chi connectivity index (χ1n) is 9.82. The molecule has 1 saturated carbocycles. The number of anilines is 1. The van der Waals surface area contributed by atoms with E-state index in [1.807, 2.05) is 0 Å². The van der Waals surface area contributed by atoms with Gasteiger partial charge >= 0.3 is 6.18 Å². The Morgan fingerprint density at radius 3 is 2.32 bits per heavy atom. The highest BCUT2D eigenvalue weighted by Crippen LogP contribution is 2.36. The van der Waals surface area contributed by atoms with Crippen LogP contribution in [0, 0.1) is 0 Å². The Bertz CT molecular complexity index is 1020. The van der Waals surface area contributed by atoms with Crippen molar-refractivity contribution in [1.82, 2.24) is 4.31 Å². The summed E-state index contributed by atoms with van der Waals surface area (Å²) in [7, 11) is -3.95. The zero-order valence-corrected chi connectivity index (χ0v) is 18.1. The van der Waals surface area contributed by atoms with Gasteiger partial charge < -0.3 is 5.32 Å². The molecule has 0 unspecified atom stereocenters. The molecular weight excluding hydrogens is 453 g/mol. The van der Waals surface area contributed by atoms with Gasteiger partial charge in [0.1, 0.15) is 0 Å². The Labute approximate surface area is 184 Å². The number of carbonyl (C=O) groups excluding carboxylic acids is 1. The number of benzene rings is 2. The molecule has 0 atom stereocenters. The summed E-state index contributed by atoms with van der Waals surface area (Å²) < 4.78 is 66.9. The van der Waals surface area contributed by atoms with E-state index in [0.717, 1.165) is 35.7 Å². The second kappa shape index (κ2) is 9.58. The van der Waals surface area contributed by atoms with Crippen LogP contribution in [0.15, 0.2) is 53.4 Å². The number of hydrogen-bond acceptors (Lipinski definition) is 3. The van der Waals surface area contributed by atoms with Gasteiger partial charge in [-0.3, -0.25) is 4.79 Å². The number of halogens is 4. The highest BCUT2D eigenvalue weighted by atomic mass is 35.5. The molecule has 31 heavy (non-hydrogen) atoms. The van der Waals surface area contributed by atoms with E-state index in [2.05, 4.69) is 5.32 Å². The lowest BCUT2D eigenvalue weighted by Gasteiger charge is -2.33. The first-order valence-corrected chi connectivity index (χ1v) is 11.6. The number of rotatable bonds is 6. The average molecular weight is 475 g/mol. The van der Waals surface area contributed by atoms with Crippen LogP contribution in [0.5, 0.6) is 0 Å². The predicted octanol–water partition coefficient (Wildman–Crippen LogP) is 5.32. The van der Waals surface area contributed by atoms with Crippen molar-refractivity contribution in [2.75, 3.05) is 11.9 Å². The van der Waals surface area contributed by atoms with Gasteiger partial charge in [0.05, 0.1) is 22.0 Å². The smallest absolute Gasteiger partial charge is 0.325 e. The fourth-order valence-corrected chi connectivity index (χ4v) is 5.56. The number of carbonyl (C=O) groups is 1. The van der Waals surface area contributed by atoms with Crippen molar-refractivity contribution >= 4 is 33.2 Å². The van der Waals surface area contributed by atoms with E-state index in [0.29, 0.717) is 12.8 Å². The summed E-state index contributed by atoms with van der Waals surface area (Å²) in [6.07, 6.45) is -0.745. The second-order valence-corrected chi connectivity index (χ2v) is 9.69. The minimum Gasteiger partial charge on any atom is -0.325 e. The van der Waals surface area contributed by atoms with Gasteiger partial charge in [0, 0.05) is 11.7 Å². The van der Waals surface area contributed by atoms with E-state index in [4.69, 9.17) is 11.6 Å². The van der Waals surface area contributed by atoms with Gasteiger partial charge in [0.25, 0.3) is 0 Å². The number of nitrogens with zero attached hydrogens (tertiary/aromatic N) is 1. The Hall–Kier alpha value is -2.10. The highest BCUT2D eigenvalue weighted by Gasteiger charge is 2.35. The number of hydrogen-bond donors (Lipinski definition) is 1. The molecule has 5 nitrogen and oxygen atoms in total. The Kier molecular flexibility index (Phi) is 7.28. The topological polar surface area (TPSA) is 66.5 Å². The van der Waals surface area contributed by atoms with Crippen molar-refractivity contribution in [1.29, 1.82) is 0 Å². The predicted molar refractivity (Wildman–Crippen MR) is 112 cm³/mol. The molecule has 1 aliphatic carbocycles. The second-order valence-electron chi connectivity index (χ2n) is 7.40. The summed E-state index contributed by atoms with van der Waals surface area (Å²) in [6.45, 7) is -0.494. The summed E-state index contributed by atoms with van der Waals surface area (Å²) in [4.78, 5) is 12.7. The minimum atomic E-state index is -4.68. The van der Waals surface area contributed by atoms with Gasteiger partial charge in [-0.25, -0.2) is 8.42 Å². The van der Waals surface area contributed by atoms with E-state index in [1.54, 1.807) is 18.2 Å². The Balaban J connectivity index is 1.84. The molecule has 168 valence electrons. The lowest BCUT2D eigenvalue weighted by Crippen LogP contribution is -2.45. The molecule has 0 aromatic heterocycles. The molecule has 0 aliphatic heterocycles. The summed E-state index contributed by atoms with van der Waals surface area (Å²) in [5, 5.41) is 1.89. The Morgan fingerprint density at radius 1 is 1.06 bits per heavy atom. The molecular formula is C21H22ClF3N2O3S. The van der Waals surface area contributed by atoms with Crippen LogP contribution < -0.4 is 5.32 Å². The van der Waals surface area contributed by atoms with Crippen LogP contribution in [-0.2, 0) is 21.0 Å². The van der Waals surface area contributed by atoms with Gasteiger partial charge in [-0.1, -0.05) is 49.1 Å². The van der Waals surface area contributed by atoms with Crippen LogP contribution >= 0.6 is 11.6 Å². The zero-order chi connectivity index (χ0) is 22.6. The van der Waals surface area contributed by atoms with Crippen LogP contribution in [0.4, 0.5) is 18.9 Å². The maximum absolute atomic E-state index is 13.2.